The Bertz CT molecular complexity index is 1730. The molecule has 10 heteroatoms. The van der Waals surface area contributed by atoms with Crippen molar-refractivity contribution in [3.05, 3.63) is 93.1 Å². The molecule has 2 aromatic heterocycles. The summed E-state index contributed by atoms with van der Waals surface area (Å²) >= 11 is 6.99. The number of carboxylic acids is 1. The SMILES string of the molecule is CC(C)N(Cc1ccc(-n2cc(C(=O)O)c(=O)c3cc(F)c(N4CCN(c5ccccn5)CC4)c(Cl)c32)cc1)C1CCCCC1. The first-order valence-corrected chi connectivity index (χ1v) is 16.2. The van der Waals surface area contributed by atoms with Crippen molar-refractivity contribution in [1.29, 1.82) is 0 Å². The Morgan fingerprint density at radius 3 is 2.36 bits per heavy atom. The molecule has 1 saturated carbocycles. The Labute approximate surface area is 267 Å². The molecule has 6 rings (SSSR count). The number of carbonyl (C=O) groups is 1. The first kappa shape index (κ1) is 31.0. The number of halogens is 2. The quantitative estimate of drug-likeness (QED) is 0.230. The monoisotopic (exact) mass is 631 g/mol. The Hall–Kier alpha value is -3.95. The van der Waals surface area contributed by atoms with Crippen LogP contribution in [-0.2, 0) is 6.54 Å². The van der Waals surface area contributed by atoms with Gasteiger partial charge >= 0.3 is 5.97 Å². The third-order valence-corrected chi connectivity index (χ3v) is 9.60. The molecule has 2 fully saturated rings. The van der Waals surface area contributed by atoms with E-state index in [0.29, 0.717) is 44.0 Å². The van der Waals surface area contributed by atoms with Crippen LogP contribution in [-0.4, -0.2) is 63.8 Å². The number of hydrogen-bond acceptors (Lipinski definition) is 6. The summed E-state index contributed by atoms with van der Waals surface area (Å²) in [4.78, 5) is 36.4. The highest BCUT2D eigenvalue weighted by atomic mass is 35.5. The number of carboxylic acid groups (broad SMARTS) is 1. The number of fused-ring (bicyclic) bond motifs is 1. The van der Waals surface area contributed by atoms with E-state index in [2.05, 4.69) is 28.6 Å². The van der Waals surface area contributed by atoms with Gasteiger partial charge in [-0.1, -0.05) is 49.1 Å². The lowest BCUT2D eigenvalue weighted by Crippen LogP contribution is -2.47. The van der Waals surface area contributed by atoms with Crippen molar-refractivity contribution in [1.82, 2.24) is 14.5 Å². The van der Waals surface area contributed by atoms with Crippen LogP contribution in [0.3, 0.4) is 0 Å². The molecule has 2 aliphatic rings. The van der Waals surface area contributed by atoms with E-state index in [9.17, 15) is 14.7 Å². The van der Waals surface area contributed by atoms with Crippen molar-refractivity contribution in [3.8, 4) is 5.69 Å². The Kier molecular flexibility index (Phi) is 9.10. The molecule has 1 saturated heterocycles. The topological polar surface area (TPSA) is 81.9 Å². The number of hydrogen-bond donors (Lipinski definition) is 1. The highest BCUT2D eigenvalue weighted by Crippen LogP contribution is 2.37. The van der Waals surface area contributed by atoms with Crippen molar-refractivity contribution in [3.63, 3.8) is 0 Å². The van der Waals surface area contributed by atoms with E-state index in [1.54, 1.807) is 10.8 Å². The van der Waals surface area contributed by atoms with Gasteiger partial charge in [0.25, 0.3) is 0 Å². The van der Waals surface area contributed by atoms with Crippen LogP contribution >= 0.6 is 11.6 Å². The van der Waals surface area contributed by atoms with Gasteiger partial charge in [-0.15, -0.1) is 0 Å². The molecule has 0 unspecified atom stereocenters. The molecule has 1 N–H and O–H groups in total. The molecule has 45 heavy (non-hydrogen) atoms. The minimum absolute atomic E-state index is 0.0689. The van der Waals surface area contributed by atoms with Crippen LogP contribution in [0.15, 0.2) is 65.7 Å². The van der Waals surface area contributed by atoms with Gasteiger partial charge in [-0.2, -0.15) is 0 Å². The summed E-state index contributed by atoms with van der Waals surface area (Å²) in [5, 5.41) is 9.88. The number of anilines is 2. The lowest BCUT2D eigenvalue weighted by molar-refractivity contribution is 0.0695. The molecule has 1 aliphatic carbocycles. The number of piperazine rings is 1. The second kappa shape index (κ2) is 13.2. The van der Waals surface area contributed by atoms with E-state index < -0.39 is 22.8 Å². The molecule has 0 radical (unpaired) electrons. The Morgan fingerprint density at radius 1 is 1.04 bits per heavy atom. The maximum absolute atomic E-state index is 15.8. The lowest BCUT2D eigenvalue weighted by atomic mass is 9.93. The van der Waals surface area contributed by atoms with E-state index in [1.165, 1.54) is 38.3 Å². The number of pyridine rings is 2. The molecule has 236 valence electrons. The highest BCUT2D eigenvalue weighted by Gasteiger charge is 2.28. The van der Waals surface area contributed by atoms with Crippen molar-refractivity contribution in [2.45, 2.75) is 64.6 Å². The number of nitrogens with zero attached hydrogens (tertiary/aromatic N) is 5. The van der Waals surface area contributed by atoms with Gasteiger partial charge in [0.05, 0.1) is 21.6 Å². The molecule has 4 aromatic rings. The molecule has 1 aliphatic heterocycles. The predicted molar refractivity (Wildman–Crippen MR) is 178 cm³/mol. The zero-order valence-corrected chi connectivity index (χ0v) is 26.5. The van der Waals surface area contributed by atoms with Gasteiger partial charge in [-0.05, 0) is 62.6 Å². The van der Waals surface area contributed by atoms with Crippen LogP contribution < -0.4 is 15.2 Å². The van der Waals surface area contributed by atoms with Gasteiger partial charge in [0.15, 0.2) is 0 Å². The summed E-state index contributed by atoms with van der Waals surface area (Å²) in [6, 6.07) is 15.7. The Morgan fingerprint density at radius 2 is 1.73 bits per heavy atom. The zero-order valence-electron chi connectivity index (χ0n) is 25.8. The summed E-state index contributed by atoms with van der Waals surface area (Å²) in [6.07, 6.45) is 9.31. The van der Waals surface area contributed by atoms with E-state index >= 15 is 4.39 Å². The van der Waals surface area contributed by atoms with Crippen molar-refractivity contribution < 1.29 is 14.3 Å². The average molecular weight is 632 g/mol. The van der Waals surface area contributed by atoms with Crippen LogP contribution in [0, 0.1) is 5.82 Å². The first-order valence-electron chi connectivity index (χ1n) is 15.8. The van der Waals surface area contributed by atoms with Crippen LogP contribution in [0.5, 0.6) is 0 Å². The van der Waals surface area contributed by atoms with E-state index in [0.717, 1.165) is 24.0 Å². The molecule has 2 aromatic carbocycles. The average Bonchev–Trinajstić information content (AvgIpc) is 3.05. The molecule has 0 atom stereocenters. The summed E-state index contributed by atoms with van der Waals surface area (Å²) < 4.78 is 17.4. The predicted octanol–water partition coefficient (Wildman–Crippen LogP) is 6.75. The molecule has 8 nitrogen and oxygen atoms in total. The fourth-order valence-corrected chi connectivity index (χ4v) is 7.27. The fraction of sp³-hybridized carbons (Fsp3) is 0.400. The summed E-state index contributed by atoms with van der Waals surface area (Å²) in [6.45, 7) is 7.52. The van der Waals surface area contributed by atoms with E-state index in [4.69, 9.17) is 11.6 Å². The van der Waals surface area contributed by atoms with E-state index in [-0.39, 0.29) is 21.6 Å². The normalized spacial score (nSPS) is 16.2. The van der Waals surface area contributed by atoms with Crippen LogP contribution in [0.2, 0.25) is 5.02 Å². The molecular weight excluding hydrogens is 593 g/mol. The molecule has 0 amide bonds. The maximum atomic E-state index is 15.8. The Balaban J connectivity index is 1.36. The van der Waals surface area contributed by atoms with Gasteiger partial charge in [0.1, 0.15) is 17.2 Å². The van der Waals surface area contributed by atoms with Gasteiger partial charge < -0.3 is 19.5 Å². The number of benzene rings is 2. The fourth-order valence-electron chi connectivity index (χ4n) is 6.87. The number of aromatic nitrogens is 2. The van der Waals surface area contributed by atoms with Gasteiger partial charge in [0.2, 0.25) is 5.43 Å². The maximum Gasteiger partial charge on any atom is 0.341 e. The molecule has 0 bridgehead atoms. The van der Waals surface area contributed by atoms with Gasteiger partial charge in [-0.25, -0.2) is 14.2 Å². The van der Waals surface area contributed by atoms with E-state index in [1.807, 2.05) is 47.4 Å². The third kappa shape index (κ3) is 6.29. The van der Waals surface area contributed by atoms with Crippen molar-refractivity contribution >= 4 is 40.0 Å². The van der Waals surface area contributed by atoms with Crippen LogP contribution in [0.25, 0.3) is 16.6 Å². The van der Waals surface area contributed by atoms with Crippen LogP contribution in [0.1, 0.15) is 61.9 Å². The summed E-state index contributed by atoms with van der Waals surface area (Å²) in [7, 11) is 0. The smallest absolute Gasteiger partial charge is 0.341 e. The molecule has 3 heterocycles. The third-order valence-electron chi connectivity index (χ3n) is 9.24. The van der Waals surface area contributed by atoms with Crippen molar-refractivity contribution in [2.75, 3.05) is 36.0 Å². The molecular formula is C35H39ClFN5O3. The molecule has 0 spiro atoms. The summed E-state index contributed by atoms with van der Waals surface area (Å²) in [5.41, 5.74) is 1.07. The van der Waals surface area contributed by atoms with Crippen molar-refractivity contribution in [2.24, 2.45) is 0 Å². The lowest BCUT2D eigenvalue weighted by Gasteiger charge is -2.37. The first-order chi connectivity index (χ1) is 21.7. The zero-order chi connectivity index (χ0) is 31.7. The highest BCUT2D eigenvalue weighted by molar-refractivity contribution is 6.38. The second-order valence-electron chi connectivity index (χ2n) is 12.4. The number of aromatic carboxylic acids is 1. The summed E-state index contributed by atoms with van der Waals surface area (Å²) in [5.74, 6) is -1.17. The minimum atomic E-state index is -1.38. The standard InChI is InChI=1S/C35H39ClFN5O3/c1-23(2)41(25-8-4-3-5-9-25)21-24-11-13-26(14-12-24)42-22-28(35(44)45)34(43)27-20-29(37)33(31(36)32(27)42)40-18-16-39(17-19-40)30-10-6-7-15-38-30/h6-7,10-15,20,22-23,25H,3-5,8-9,16-19,21H2,1-2H3,(H,44,45). The van der Waals surface area contributed by atoms with Gasteiger partial charge in [0, 0.05) is 62.9 Å². The second-order valence-corrected chi connectivity index (χ2v) is 12.7. The minimum Gasteiger partial charge on any atom is -0.477 e. The largest absolute Gasteiger partial charge is 0.477 e. The van der Waals surface area contributed by atoms with Crippen LogP contribution in [0.4, 0.5) is 15.9 Å². The number of rotatable bonds is 8. The van der Waals surface area contributed by atoms with Gasteiger partial charge in [-0.3, -0.25) is 9.69 Å².